The van der Waals surface area contributed by atoms with Crippen molar-refractivity contribution in [1.29, 1.82) is 0 Å². The Balaban J connectivity index is 1.75. The number of allylic oxidation sites excluding steroid dienone is 11. The van der Waals surface area contributed by atoms with Crippen LogP contribution in [0, 0.1) is 0 Å². The van der Waals surface area contributed by atoms with Crippen molar-refractivity contribution in [3.8, 4) is 0 Å². The van der Waals surface area contributed by atoms with E-state index in [0.29, 0.717) is 31.0 Å². The van der Waals surface area contributed by atoms with Crippen LogP contribution in [-0.4, -0.2) is 25.7 Å². The van der Waals surface area contributed by atoms with Crippen LogP contribution < -0.4 is 0 Å². The van der Waals surface area contributed by atoms with E-state index in [1.807, 2.05) is 18.2 Å². The van der Waals surface area contributed by atoms with E-state index >= 15 is 0 Å². The Kier molecular flexibility index (Phi) is 10.0. The monoisotopic (exact) mass is 424 g/mol. The van der Waals surface area contributed by atoms with Gasteiger partial charge in [0.25, 0.3) is 6.47 Å². The molecule has 0 radical (unpaired) electrons. The lowest BCUT2D eigenvalue weighted by Gasteiger charge is -2.20. The molecule has 6 nitrogen and oxygen atoms in total. The van der Waals surface area contributed by atoms with Gasteiger partial charge in [-0.3, -0.25) is 9.68 Å². The molecule has 0 saturated heterocycles. The second kappa shape index (κ2) is 13.0. The first-order chi connectivity index (χ1) is 15.0. The van der Waals surface area contributed by atoms with E-state index in [4.69, 9.17) is 14.4 Å². The molecule has 2 aliphatic rings. The number of ether oxygens (including phenoxy) is 2. The number of carbonyl (C=O) groups excluding carboxylic acids is 2. The highest BCUT2D eigenvalue weighted by atomic mass is 17.2. The fourth-order valence-corrected chi connectivity index (χ4v) is 3.02. The molecule has 31 heavy (non-hydrogen) atoms. The summed E-state index contributed by atoms with van der Waals surface area (Å²) in [5.74, 6) is 0.594. The highest BCUT2D eigenvalue weighted by Crippen LogP contribution is 2.32. The molecule has 6 heteroatoms. The van der Waals surface area contributed by atoms with Gasteiger partial charge < -0.3 is 9.47 Å². The van der Waals surface area contributed by atoms with Gasteiger partial charge in [-0.15, -0.1) is 0 Å². The van der Waals surface area contributed by atoms with Gasteiger partial charge in [0.05, 0.1) is 13.2 Å². The third-order valence-corrected chi connectivity index (χ3v) is 4.72. The van der Waals surface area contributed by atoms with E-state index in [1.165, 1.54) is 16.7 Å². The maximum Gasteiger partial charge on any atom is 0.365 e. The van der Waals surface area contributed by atoms with Gasteiger partial charge in [-0.2, -0.15) is 4.89 Å². The zero-order valence-electron chi connectivity index (χ0n) is 17.6. The molecule has 164 valence electrons. The molecule has 0 N–H and O–H groups in total. The molecular weight excluding hydrogens is 396 g/mol. The highest BCUT2D eigenvalue weighted by molar-refractivity contribution is 5.80. The summed E-state index contributed by atoms with van der Waals surface area (Å²) in [4.78, 5) is 30.3. The van der Waals surface area contributed by atoms with E-state index in [1.54, 1.807) is 6.08 Å². The first-order valence-corrected chi connectivity index (χ1v) is 10.1. The van der Waals surface area contributed by atoms with Crippen LogP contribution in [0.5, 0.6) is 0 Å². The summed E-state index contributed by atoms with van der Waals surface area (Å²) in [5, 5.41) is 0. The van der Waals surface area contributed by atoms with Crippen molar-refractivity contribution >= 4 is 12.4 Å². The lowest BCUT2D eigenvalue weighted by Crippen LogP contribution is -2.05. The van der Waals surface area contributed by atoms with Gasteiger partial charge in [0.15, 0.2) is 0 Å². The molecule has 0 aromatic heterocycles. The molecule has 2 aliphatic carbocycles. The van der Waals surface area contributed by atoms with Crippen LogP contribution in [0.2, 0.25) is 0 Å². The minimum Gasteiger partial charge on any atom is -0.494 e. The summed E-state index contributed by atoms with van der Waals surface area (Å²) < 4.78 is 10.4. The second-order valence-corrected chi connectivity index (χ2v) is 6.88. The summed E-state index contributed by atoms with van der Waals surface area (Å²) in [5.41, 5.74) is 4.66. The largest absolute Gasteiger partial charge is 0.494 e. The van der Waals surface area contributed by atoms with Gasteiger partial charge in [0, 0.05) is 18.9 Å². The Morgan fingerprint density at radius 1 is 0.968 bits per heavy atom. The topological polar surface area (TPSA) is 71.1 Å². The molecular formula is C25H28O6. The van der Waals surface area contributed by atoms with Crippen LogP contribution in [0.3, 0.4) is 0 Å². The van der Waals surface area contributed by atoms with Gasteiger partial charge in [0.2, 0.25) is 0 Å². The van der Waals surface area contributed by atoms with E-state index in [0.717, 1.165) is 37.3 Å². The van der Waals surface area contributed by atoms with E-state index < -0.39 is 5.97 Å². The molecule has 2 rings (SSSR count). The first-order valence-electron chi connectivity index (χ1n) is 10.1. The first kappa shape index (κ1) is 23.9. The standard InChI is InChI=1S/C25H28O6/c1-4-25(27)31-30-17-5-16-28-20(3)7-6-19(2)21-8-10-22(11-9-21)23-12-14-24(15-13-23)29-18-26/h4,6-8,10,12,14,18H,1-3,5,9,11,13,15-17H2/b7-6-. The molecule has 0 heterocycles. The van der Waals surface area contributed by atoms with Crippen molar-refractivity contribution in [1.82, 2.24) is 0 Å². The molecule has 0 aliphatic heterocycles. The van der Waals surface area contributed by atoms with Gasteiger partial charge in [-0.25, -0.2) is 4.79 Å². The molecule has 0 aromatic rings. The third kappa shape index (κ3) is 8.48. The summed E-state index contributed by atoms with van der Waals surface area (Å²) in [6.45, 7) is 12.3. The molecule has 0 fully saturated rings. The number of carbonyl (C=O) groups is 2. The van der Waals surface area contributed by atoms with Crippen molar-refractivity contribution in [2.45, 2.75) is 32.1 Å². The third-order valence-electron chi connectivity index (χ3n) is 4.72. The van der Waals surface area contributed by atoms with Gasteiger partial charge in [-0.1, -0.05) is 44.0 Å². The average Bonchev–Trinajstić information content (AvgIpc) is 2.80. The molecule has 0 bridgehead atoms. The van der Waals surface area contributed by atoms with Gasteiger partial charge in [-0.05, 0) is 53.7 Å². The predicted molar refractivity (Wildman–Crippen MR) is 118 cm³/mol. The Bertz CT molecular complexity index is 866. The molecule has 0 amide bonds. The van der Waals surface area contributed by atoms with Crippen LogP contribution in [0.4, 0.5) is 0 Å². The van der Waals surface area contributed by atoms with Gasteiger partial charge >= 0.3 is 5.97 Å². The normalized spacial score (nSPS) is 15.7. The average molecular weight is 424 g/mol. The van der Waals surface area contributed by atoms with Crippen molar-refractivity contribution < 1.29 is 28.8 Å². The molecule has 0 aromatic carbocycles. The fourth-order valence-electron chi connectivity index (χ4n) is 3.02. The molecule has 0 unspecified atom stereocenters. The molecule has 0 atom stereocenters. The summed E-state index contributed by atoms with van der Waals surface area (Å²) in [6.07, 6.45) is 16.8. The smallest absolute Gasteiger partial charge is 0.365 e. The van der Waals surface area contributed by atoms with Crippen LogP contribution in [0.25, 0.3) is 0 Å². The minimum atomic E-state index is -0.628. The Hall–Kier alpha value is -3.38. The molecule has 0 spiro atoms. The number of rotatable bonds is 13. The number of hydrogen-bond donors (Lipinski definition) is 0. The Morgan fingerprint density at radius 3 is 2.32 bits per heavy atom. The quantitative estimate of drug-likeness (QED) is 0.0779. The zero-order chi connectivity index (χ0) is 22.5. The second-order valence-electron chi connectivity index (χ2n) is 6.88. The SMILES string of the molecule is C=CC(=O)OOCCCOC(=C)/C=C\C(=C)C1=CC=C(C2=CC=C(OC=O)CC2)CC1. The van der Waals surface area contributed by atoms with E-state index in [9.17, 15) is 9.59 Å². The Labute approximate surface area is 183 Å². The Morgan fingerprint density at radius 2 is 1.71 bits per heavy atom. The van der Waals surface area contributed by atoms with Crippen molar-refractivity contribution in [2.24, 2.45) is 0 Å². The summed E-state index contributed by atoms with van der Waals surface area (Å²) >= 11 is 0. The highest BCUT2D eigenvalue weighted by Gasteiger charge is 2.14. The summed E-state index contributed by atoms with van der Waals surface area (Å²) in [7, 11) is 0. The predicted octanol–water partition coefficient (Wildman–Crippen LogP) is 5.10. The van der Waals surface area contributed by atoms with E-state index in [-0.39, 0.29) is 6.61 Å². The zero-order valence-corrected chi connectivity index (χ0v) is 17.6. The van der Waals surface area contributed by atoms with Crippen LogP contribution in [0.1, 0.15) is 32.1 Å². The van der Waals surface area contributed by atoms with Crippen LogP contribution >= 0.6 is 0 Å². The lowest BCUT2D eigenvalue weighted by atomic mass is 9.87. The lowest BCUT2D eigenvalue weighted by molar-refractivity contribution is -0.268. The number of hydrogen-bond acceptors (Lipinski definition) is 6. The van der Waals surface area contributed by atoms with Crippen molar-refractivity contribution in [3.63, 3.8) is 0 Å². The van der Waals surface area contributed by atoms with Gasteiger partial charge in [0.1, 0.15) is 11.5 Å². The van der Waals surface area contributed by atoms with Crippen molar-refractivity contribution in [3.05, 3.63) is 96.1 Å². The minimum absolute atomic E-state index is 0.225. The van der Waals surface area contributed by atoms with E-state index in [2.05, 4.69) is 36.8 Å². The summed E-state index contributed by atoms with van der Waals surface area (Å²) in [6, 6.07) is 0. The molecule has 0 saturated carbocycles. The fraction of sp³-hybridized carbons (Fsp3) is 0.280. The van der Waals surface area contributed by atoms with Crippen LogP contribution in [-0.2, 0) is 28.8 Å². The van der Waals surface area contributed by atoms with Crippen molar-refractivity contribution in [2.75, 3.05) is 13.2 Å². The maximum atomic E-state index is 10.8. The maximum absolute atomic E-state index is 10.8. The van der Waals surface area contributed by atoms with Crippen LogP contribution in [0.15, 0.2) is 96.1 Å².